The Morgan fingerprint density at radius 1 is 1.04 bits per heavy atom. The van der Waals surface area contributed by atoms with Crippen LogP contribution in [0.15, 0.2) is 42.5 Å². The number of esters is 1. The predicted octanol–water partition coefficient (Wildman–Crippen LogP) is 5.75. The number of halogens is 2. The van der Waals surface area contributed by atoms with Crippen LogP contribution in [0.5, 0.6) is 5.75 Å². The maximum absolute atomic E-state index is 14.3. The summed E-state index contributed by atoms with van der Waals surface area (Å²) < 4.78 is 32.7. The van der Waals surface area contributed by atoms with Crippen molar-refractivity contribution in [2.45, 2.75) is 39.0 Å². The third kappa shape index (κ3) is 4.25. The van der Waals surface area contributed by atoms with Gasteiger partial charge in [-0.3, -0.25) is 4.79 Å². The van der Waals surface area contributed by atoms with E-state index < -0.39 is 5.82 Å². The maximum Gasteiger partial charge on any atom is 0.314 e. The molecule has 1 aliphatic carbocycles. The standard InChI is InChI=1S/C21H22F2O2/c1-2-14-3-5-16(6-4-14)21(24)25-18-11-12-19(20(23)13-18)15-7-9-17(22)10-8-15/h7-14,16H,2-6H2,1H3/t14-,16-. The van der Waals surface area contributed by atoms with Crippen molar-refractivity contribution in [2.75, 3.05) is 0 Å². The van der Waals surface area contributed by atoms with E-state index in [2.05, 4.69) is 6.92 Å². The van der Waals surface area contributed by atoms with E-state index in [1.165, 1.54) is 30.3 Å². The summed E-state index contributed by atoms with van der Waals surface area (Å²) in [5.74, 6) is -0.312. The Morgan fingerprint density at radius 2 is 1.72 bits per heavy atom. The van der Waals surface area contributed by atoms with Crippen molar-refractivity contribution in [3.63, 3.8) is 0 Å². The van der Waals surface area contributed by atoms with Crippen LogP contribution in [0.2, 0.25) is 0 Å². The molecule has 0 unspecified atom stereocenters. The predicted molar refractivity (Wildman–Crippen MR) is 93.2 cm³/mol. The molecular weight excluding hydrogens is 322 g/mol. The lowest BCUT2D eigenvalue weighted by Gasteiger charge is -2.26. The Balaban J connectivity index is 1.67. The SMILES string of the molecule is CC[C@H]1CC[C@H](C(=O)Oc2ccc(-c3ccc(F)cc3)c(F)c2)CC1. The molecule has 0 spiro atoms. The maximum atomic E-state index is 14.3. The van der Waals surface area contributed by atoms with Crippen molar-refractivity contribution >= 4 is 5.97 Å². The molecule has 1 aliphatic rings. The van der Waals surface area contributed by atoms with Crippen LogP contribution in [-0.2, 0) is 4.79 Å². The summed E-state index contributed by atoms with van der Waals surface area (Å²) in [6, 6.07) is 9.96. The van der Waals surface area contributed by atoms with Crippen LogP contribution in [0.4, 0.5) is 8.78 Å². The third-order valence-electron chi connectivity index (χ3n) is 5.07. The van der Waals surface area contributed by atoms with Crippen LogP contribution in [0.1, 0.15) is 39.0 Å². The lowest BCUT2D eigenvalue weighted by atomic mass is 9.81. The van der Waals surface area contributed by atoms with E-state index in [-0.39, 0.29) is 23.5 Å². The minimum Gasteiger partial charge on any atom is -0.426 e. The van der Waals surface area contributed by atoms with Gasteiger partial charge < -0.3 is 4.74 Å². The molecule has 132 valence electrons. The van der Waals surface area contributed by atoms with E-state index in [4.69, 9.17) is 4.74 Å². The highest BCUT2D eigenvalue weighted by molar-refractivity contribution is 5.75. The molecule has 3 rings (SSSR count). The van der Waals surface area contributed by atoms with Gasteiger partial charge >= 0.3 is 5.97 Å². The number of ether oxygens (including phenoxy) is 1. The molecule has 0 radical (unpaired) electrons. The first-order valence-electron chi connectivity index (χ1n) is 8.84. The van der Waals surface area contributed by atoms with E-state index in [0.717, 1.165) is 32.1 Å². The molecule has 2 nitrogen and oxygen atoms in total. The summed E-state index contributed by atoms with van der Waals surface area (Å²) in [6.45, 7) is 2.18. The fourth-order valence-electron chi connectivity index (χ4n) is 3.43. The largest absolute Gasteiger partial charge is 0.426 e. The Hall–Kier alpha value is -2.23. The van der Waals surface area contributed by atoms with Crippen molar-refractivity contribution in [2.24, 2.45) is 11.8 Å². The fraction of sp³-hybridized carbons (Fsp3) is 0.381. The second-order valence-corrected chi connectivity index (χ2v) is 6.70. The monoisotopic (exact) mass is 344 g/mol. The minimum absolute atomic E-state index is 0.0948. The second-order valence-electron chi connectivity index (χ2n) is 6.70. The highest BCUT2D eigenvalue weighted by Crippen LogP contribution is 2.32. The normalized spacial score (nSPS) is 20.3. The topological polar surface area (TPSA) is 26.3 Å². The first-order chi connectivity index (χ1) is 12.1. The molecule has 0 heterocycles. The van der Waals surface area contributed by atoms with Gasteiger partial charge in [-0.1, -0.05) is 25.5 Å². The minimum atomic E-state index is -0.494. The summed E-state index contributed by atoms with van der Waals surface area (Å²) in [5.41, 5.74) is 0.929. The van der Waals surface area contributed by atoms with Crippen molar-refractivity contribution in [3.05, 3.63) is 54.1 Å². The number of hydrogen-bond acceptors (Lipinski definition) is 2. The molecule has 0 atom stereocenters. The first-order valence-corrected chi connectivity index (χ1v) is 8.84. The van der Waals surface area contributed by atoms with Crippen LogP contribution < -0.4 is 4.74 Å². The van der Waals surface area contributed by atoms with Gasteiger partial charge in [-0.05, 0) is 61.4 Å². The summed E-state index contributed by atoms with van der Waals surface area (Å²) in [6.07, 6.45) is 4.93. The molecule has 0 bridgehead atoms. The Bertz CT molecular complexity index is 732. The summed E-state index contributed by atoms with van der Waals surface area (Å²) in [5, 5.41) is 0. The lowest BCUT2D eigenvalue weighted by Crippen LogP contribution is -2.25. The summed E-state index contributed by atoms with van der Waals surface area (Å²) in [7, 11) is 0. The molecule has 0 saturated heterocycles. The van der Waals surface area contributed by atoms with Gasteiger partial charge in [-0.2, -0.15) is 0 Å². The third-order valence-corrected chi connectivity index (χ3v) is 5.07. The van der Waals surface area contributed by atoms with E-state index in [9.17, 15) is 13.6 Å². The average molecular weight is 344 g/mol. The van der Waals surface area contributed by atoms with Gasteiger partial charge in [-0.25, -0.2) is 8.78 Å². The second kappa shape index (κ2) is 7.77. The zero-order valence-corrected chi connectivity index (χ0v) is 14.3. The van der Waals surface area contributed by atoms with Gasteiger partial charge in [0.15, 0.2) is 0 Å². The number of carbonyl (C=O) groups is 1. The molecule has 0 aliphatic heterocycles. The molecule has 0 N–H and O–H groups in total. The van der Waals surface area contributed by atoms with Crippen molar-refractivity contribution in [1.29, 1.82) is 0 Å². The molecular formula is C21H22F2O2. The Morgan fingerprint density at radius 3 is 2.32 bits per heavy atom. The van der Waals surface area contributed by atoms with Gasteiger partial charge in [0.1, 0.15) is 17.4 Å². The molecule has 4 heteroatoms. The Kier molecular flexibility index (Phi) is 5.47. The van der Waals surface area contributed by atoms with Crippen molar-refractivity contribution in [1.82, 2.24) is 0 Å². The van der Waals surface area contributed by atoms with Crippen molar-refractivity contribution < 1.29 is 18.3 Å². The molecule has 0 amide bonds. The zero-order valence-electron chi connectivity index (χ0n) is 14.3. The highest BCUT2D eigenvalue weighted by Gasteiger charge is 2.27. The number of hydrogen-bond donors (Lipinski definition) is 0. The number of rotatable bonds is 4. The summed E-state index contributed by atoms with van der Waals surface area (Å²) in [4.78, 5) is 12.3. The number of carbonyl (C=O) groups excluding carboxylic acids is 1. The first kappa shape index (κ1) is 17.6. The van der Waals surface area contributed by atoms with Gasteiger partial charge in [0.05, 0.1) is 5.92 Å². The van der Waals surface area contributed by atoms with Crippen molar-refractivity contribution in [3.8, 4) is 16.9 Å². The highest BCUT2D eigenvalue weighted by atomic mass is 19.1. The molecule has 1 fully saturated rings. The van der Waals surface area contributed by atoms with E-state index >= 15 is 0 Å². The molecule has 0 aromatic heterocycles. The van der Waals surface area contributed by atoms with Crippen LogP contribution in [0, 0.1) is 23.5 Å². The van der Waals surface area contributed by atoms with E-state index in [1.54, 1.807) is 12.1 Å². The van der Waals surface area contributed by atoms with Gasteiger partial charge in [-0.15, -0.1) is 0 Å². The smallest absolute Gasteiger partial charge is 0.314 e. The molecule has 1 saturated carbocycles. The quantitative estimate of drug-likeness (QED) is 0.521. The van der Waals surface area contributed by atoms with Crippen LogP contribution >= 0.6 is 0 Å². The van der Waals surface area contributed by atoms with Crippen LogP contribution in [0.3, 0.4) is 0 Å². The average Bonchev–Trinajstić information content (AvgIpc) is 2.63. The van der Waals surface area contributed by atoms with Crippen LogP contribution in [-0.4, -0.2) is 5.97 Å². The Labute approximate surface area is 146 Å². The van der Waals surface area contributed by atoms with Gasteiger partial charge in [0, 0.05) is 11.6 Å². The molecule has 2 aromatic rings. The molecule has 25 heavy (non-hydrogen) atoms. The lowest BCUT2D eigenvalue weighted by molar-refractivity contribution is -0.140. The zero-order chi connectivity index (χ0) is 17.8. The van der Waals surface area contributed by atoms with Crippen LogP contribution in [0.25, 0.3) is 11.1 Å². The van der Waals surface area contributed by atoms with E-state index in [0.29, 0.717) is 17.0 Å². The molecule has 2 aromatic carbocycles. The fourth-order valence-corrected chi connectivity index (χ4v) is 3.43. The van der Waals surface area contributed by atoms with E-state index in [1.807, 2.05) is 0 Å². The van der Waals surface area contributed by atoms with Gasteiger partial charge in [0.2, 0.25) is 0 Å². The number of benzene rings is 2. The summed E-state index contributed by atoms with van der Waals surface area (Å²) >= 11 is 0. The van der Waals surface area contributed by atoms with Gasteiger partial charge in [0.25, 0.3) is 0 Å².